The van der Waals surface area contributed by atoms with E-state index in [0.717, 1.165) is 6.20 Å². The molecule has 2 rings (SSSR count). The average Bonchev–Trinajstić information content (AvgIpc) is 2.46. The van der Waals surface area contributed by atoms with Crippen molar-refractivity contribution in [3.63, 3.8) is 0 Å². The zero-order valence-electron chi connectivity index (χ0n) is 13.3. The molecule has 1 N–H and O–H groups in total. The highest BCUT2D eigenvalue weighted by Crippen LogP contribution is 2.30. The quantitative estimate of drug-likeness (QED) is 0.286. The summed E-state index contributed by atoms with van der Waals surface area (Å²) in [6, 6.07) is 4.17. The number of nitro groups is 1. The van der Waals surface area contributed by atoms with Crippen molar-refractivity contribution < 1.29 is 28.7 Å². The monoisotopic (exact) mass is 336 g/mol. The molecule has 9 nitrogen and oxygen atoms in total. The van der Waals surface area contributed by atoms with E-state index in [1.165, 1.54) is 32.0 Å². The smallest absolute Gasteiger partial charge is 0.350 e. The third-order valence-electron chi connectivity index (χ3n) is 2.97. The van der Waals surface area contributed by atoms with Gasteiger partial charge in [0.15, 0.2) is 5.57 Å². The van der Waals surface area contributed by atoms with Crippen molar-refractivity contribution in [1.29, 1.82) is 0 Å². The SMILES string of the molecule is CCOc1ccc(NC=C2C(=O)OC(C)(C)OC2=O)c([N+](=O)[O-])c1. The molecular weight excluding hydrogens is 320 g/mol. The summed E-state index contributed by atoms with van der Waals surface area (Å²) < 4.78 is 15.1. The van der Waals surface area contributed by atoms with Gasteiger partial charge >= 0.3 is 11.9 Å². The van der Waals surface area contributed by atoms with Crippen LogP contribution in [0.3, 0.4) is 0 Å². The topological polar surface area (TPSA) is 117 Å². The van der Waals surface area contributed by atoms with E-state index in [0.29, 0.717) is 12.4 Å². The normalized spacial score (nSPS) is 16.0. The Morgan fingerprint density at radius 1 is 1.29 bits per heavy atom. The van der Waals surface area contributed by atoms with Crippen LogP contribution in [0.5, 0.6) is 5.75 Å². The molecule has 1 fully saturated rings. The van der Waals surface area contributed by atoms with Crippen LogP contribution in [-0.4, -0.2) is 29.3 Å². The van der Waals surface area contributed by atoms with E-state index < -0.39 is 28.2 Å². The van der Waals surface area contributed by atoms with Crippen LogP contribution >= 0.6 is 0 Å². The number of benzene rings is 1. The molecule has 0 bridgehead atoms. The highest BCUT2D eigenvalue weighted by Gasteiger charge is 2.39. The summed E-state index contributed by atoms with van der Waals surface area (Å²) in [5, 5.41) is 13.7. The number of rotatable bonds is 5. The van der Waals surface area contributed by atoms with Gasteiger partial charge in [-0.3, -0.25) is 10.1 Å². The van der Waals surface area contributed by atoms with Crippen LogP contribution in [-0.2, 0) is 19.1 Å². The molecule has 0 aliphatic carbocycles. The Balaban J connectivity index is 2.26. The summed E-state index contributed by atoms with van der Waals surface area (Å²) in [5.74, 6) is -2.77. The van der Waals surface area contributed by atoms with Gasteiger partial charge in [-0.25, -0.2) is 9.59 Å². The van der Waals surface area contributed by atoms with Gasteiger partial charge in [-0.2, -0.15) is 0 Å². The van der Waals surface area contributed by atoms with Gasteiger partial charge in [0, 0.05) is 20.0 Å². The zero-order chi connectivity index (χ0) is 17.9. The molecule has 1 aromatic carbocycles. The van der Waals surface area contributed by atoms with Gasteiger partial charge in [0.2, 0.25) is 0 Å². The van der Waals surface area contributed by atoms with Crippen LogP contribution < -0.4 is 10.1 Å². The number of nitrogens with one attached hydrogen (secondary N) is 1. The van der Waals surface area contributed by atoms with Crippen LogP contribution in [0, 0.1) is 10.1 Å². The first-order chi connectivity index (χ1) is 11.2. The minimum Gasteiger partial charge on any atom is -0.494 e. The lowest BCUT2D eigenvalue weighted by Gasteiger charge is -2.29. The summed E-state index contributed by atoms with van der Waals surface area (Å²) in [7, 11) is 0. The van der Waals surface area contributed by atoms with Crippen molar-refractivity contribution in [3.05, 3.63) is 40.1 Å². The molecule has 1 aromatic rings. The predicted octanol–water partition coefficient (Wildman–Crippen LogP) is 2.13. The van der Waals surface area contributed by atoms with E-state index >= 15 is 0 Å². The molecule has 24 heavy (non-hydrogen) atoms. The maximum atomic E-state index is 11.8. The maximum absolute atomic E-state index is 11.8. The molecule has 0 amide bonds. The number of ether oxygens (including phenoxy) is 3. The molecule has 0 radical (unpaired) electrons. The van der Waals surface area contributed by atoms with Crippen molar-refractivity contribution in [2.45, 2.75) is 26.6 Å². The second kappa shape index (κ2) is 6.57. The van der Waals surface area contributed by atoms with Gasteiger partial charge in [0.05, 0.1) is 17.6 Å². The number of cyclic esters (lactones) is 2. The van der Waals surface area contributed by atoms with E-state index in [1.54, 1.807) is 6.92 Å². The lowest BCUT2D eigenvalue weighted by atomic mass is 10.2. The summed E-state index contributed by atoms with van der Waals surface area (Å²) in [4.78, 5) is 34.2. The Kier molecular flexibility index (Phi) is 4.72. The average molecular weight is 336 g/mol. The lowest BCUT2D eigenvalue weighted by Crippen LogP contribution is -2.42. The van der Waals surface area contributed by atoms with Gasteiger partial charge < -0.3 is 19.5 Å². The van der Waals surface area contributed by atoms with Crippen LogP contribution in [0.4, 0.5) is 11.4 Å². The van der Waals surface area contributed by atoms with Crippen molar-refractivity contribution in [2.75, 3.05) is 11.9 Å². The largest absolute Gasteiger partial charge is 0.494 e. The van der Waals surface area contributed by atoms with Crippen LogP contribution in [0.1, 0.15) is 20.8 Å². The molecule has 0 saturated carbocycles. The predicted molar refractivity (Wildman–Crippen MR) is 82.2 cm³/mol. The number of esters is 2. The van der Waals surface area contributed by atoms with E-state index in [-0.39, 0.29) is 11.4 Å². The first-order valence-corrected chi connectivity index (χ1v) is 7.08. The Morgan fingerprint density at radius 3 is 2.46 bits per heavy atom. The standard InChI is InChI=1S/C15H16N2O7/c1-4-22-9-5-6-11(12(7-9)17(20)21)16-8-10-13(18)23-15(2,3)24-14(10)19/h5-8,16H,4H2,1-3H3. The number of hydrogen-bond donors (Lipinski definition) is 1. The Bertz CT molecular complexity index is 703. The fourth-order valence-electron chi connectivity index (χ4n) is 1.97. The number of hydrogen-bond acceptors (Lipinski definition) is 8. The van der Waals surface area contributed by atoms with Crippen LogP contribution in [0.2, 0.25) is 0 Å². The van der Waals surface area contributed by atoms with Gasteiger partial charge in [-0.1, -0.05) is 0 Å². The molecule has 128 valence electrons. The Hall–Kier alpha value is -3.10. The summed E-state index contributed by atoms with van der Waals surface area (Å²) in [6.45, 7) is 4.96. The summed E-state index contributed by atoms with van der Waals surface area (Å²) in [6.07, 6.45) is 1.02. The van der Waals surface area contributed by atoms with Crippen molar-refractivity contribution in [2.24, 2.45) is 0 Å². The van der Waals surface area contributed by atoms with E-state index in [1.807, 2.05) is 0 Å². The number of carbonyl (C=O) groups excluding carboxylic acids is 2. The highest BCUT2D eigenvalue weighted by atomic mass is 16.7. The van der Waals surface area contributed by atoms with Crippen molar-refractivity contribution in [1.82, 2.24) is 0 Å². The molecule has 9 heteroatoms. The molecular formula is C15H16N2O7. The first kappa shape index (κ1) is 17.3. The molecule has 1 saturated heterocycles. The third kappa shape index (κ3) is 3.80. The Labute approximate surface area is 137 Å². The fourth-order valence-corrected chi connectivity index (χ4v) is 1.97. The molecule has 1 aliphatic rings. The number of nitrogens with zero attached hydrogens (tertiary/aromatic N) is 1. The second-order valence-electron chi connectivity index (χ2n) is 5.25. The first-order valence-electron chi connectivity index (χ1n) is 7.08. The molecule has 0 atom stereocenters. The fraction of sp³-hybridized carbons (Fsp3) is 0.333. The lowest BCUT2D eigenvalue weighted by molar-refractivity contribution is -0.384. The number of carbonyl (C=O) groups is 2. The minimum absolute atomic E-state index is 0.0846. The zero-order valence-corrected chi connectivity index (χ0v) is 13.3. The van der Waals surface area contributed by atoms with Gasteiger partial charge in [0.1, 0.15) is 11.4 Å². The summed E-state index contributed by atoms with van der Waals surface area (Å²) in [5.41, 5.74) is -0.574. The van der Waals surface area contributed by atoms with E-state index in [2.05, 4.69) is 5.32 Å². The number of anilines is 1. The highest BCUT2D eigenvalue weighted by molar-refractivity contribution is 6.15. The van der Waals surface area contributed by atoms with E-state index in [4.69, 9.17) is 14.2 Å². The molecule has 1 aliphatic heterocycles. The number of nitro benzene ring substituents is 1. The molecule has 0 spiro atoms. The van der Waals surface area contributed by atoms with Gasteiger partial charge in [-0.15, -0.1) is 0 Å². The van der Waals surface area contributed by atoms with Crippen molar-refractivity contribution in [3.8, 4) is 5.75 Å². The molecule has 0 aromatic heterocycles. The minimum atomic E-state index is -1.35. The van der Waals surface area contributed by atoms with E-state index in [9.17, 15) is 19.7 Å². The van der Waals surface area contributed by atoms with Gasteiger partial charge in [-0.05, 0) is 19.1 Å². The van der Waals surface area contributed by atoms with Crippen molar-refractivity contribution >= 4 is 23.3 Å². The maximum Gasteiger partial charge on any atom is 0.350 e. The summed E-state index contributed by atoms with van der Waals surface area (Å²) >= 11 is 0. The second-order valence-corrected chi connectivity index (χ2v) is 5.25. The van der Waals surface area contributed by atoms with Crippen LogP contribution in [0.15, 0.2) is 30.0 Å². The van der Waals surface area contributed by atoms with Crippen LogP contribution in [0.25, 0.3) is 0 Å². The van der Waals surface area contributed by atoms with Gasteiger partial charge in [0.25, 0.3) is 11.5 Å². The molecule has 0 unspecified atom stereocenters. The third-order valence-corrected chi connectivity index (χ3v) is 2.97. The Morgan fingerprint density at radius 2 is 1.92 bits per heavy atom. The molecule has 1 heterocycles.